The Balaban J connectivity index is 1.97. The van der Waals surface area contributed by atoms with Gasteiger partial charge in [0.1, 0.15) is 35.8 Å². The third kappa shape index (κ3) is 4.72. The zero-order valence-corrected chi connectivity index (χ0v) is 17.1. The molecule has 1 heterocycles. The molecule has 1 aliphatic rings. The maximum atomic E-state index is 13.2. The molecular weight excluding hydrogens is 460 g/mol. The van der Waals surface area contributed by atoms with E-state index in [1.165, 1.54) is 12.1 Å². The maximum absolute atomic E-state index is 13.2. The predicted octanol–water partition coefficient (Wildman–Crippen LogP) is 4.31. The number of halogens is 4. The lowest BCUT2D eigenvalue weighted by atomic mass is 10.2. The number of ether oxygens (including phenoxy) is 2. The highest BCUT2D eigenvalue weighted by molar-refractivity contribution is 7.93. The highest BCUT2D eigenvalue weighted by Crippen LogP contribution is 2.41. The fourth-order valence-electron chi connectivity index (χ4n) is 2.70. The monoisotopic (exact) mass is 476 g/mol. The largest absolute Gasteiger partial charge is 0.514 e. The number of nitrogens with one attached hydrogen (secondary N) is 1. The zero-order chi connectivity index (χ0) is 23.7. The van der Waals surface area contributed by atoms with E-state index in [4.69, 9.17) is 4.74 Å². The molecule has 1 aliphatic heterocycles. The molecule has 0 spiro atoms. The standard InChI is InChI=1S/C19H16F4N2O6S/c1-11(19(21,22)23)31-18(27)24-13-4-7-17-16(8-13)25(14(9-26)10-30-17)32(28,29)15-5-2-12(20)3-6-15/h2-9,11,26H,10H2,1H3,(H,24,27)/b14-9+. The van der Waals surface area contributed by atoms with Gasteiger partial charge in [0.2, 0.25) is 0 Å². The first-order valence-corrected chi connectivity index (χ1v) is 10.3. The fourth-order valence-corrected chi connectivity index (χ4v) is 4.20. The lowest BCUT2D eigenvalue weighted by molar-refractivity contribution is -0.196. The summed E-state index contributed by atoms with van der Waals surface area (Å²) in [6.07, 6.45) is -8.05. The number of hydrogen-bond acceptors (Lipinski definition) is 6. The molecule has 1 amide bonds. The van der Waals surface area contributed by atoms with E-state index in [2.05, 4.69) is 10.1 Å². The van der Waals surface area contributed by atoms with Crippen molar-refractivity contribution in [3.05, 3.63) is 60.2 Å². The lowest BCUT2D eigenvalue weighted by Crippen LogP contribution is -2.36. The van der Waals surface area contributed by atoms with E-state index in [0.29, 0.717) is 17.5 Å². The van der Waals surface area contributed by atoms with Crippen molar-refractivity contribution in [2.24, 2.45) is 0 Å². The van der Waals surface area contributed by atoms with Gasteiger partial charge in [-0.15, -0.1) is 0 Å². The molecule has 0 aromatic heterocycles. The average Bonchev–Trinajstić information content (AvgIpc) is 2.72. The number of benzene rings is 2. The van der Waals surface area contributed by atoms with Crippen LogP contribution in [0.5, 0.6) is 5.75 Å². The number of fused-ring (bicyclic) bond motifs is 1. The van der Waals surface area contributed by atoms with Crippen molar-refractivity contribution in [3.63, 3.8) is 0 Å². The molecule has 2 aromatic carbocycles. The number of sulfonamides is 1. The highest BCUT2D eigenvalue weighted by Gasteiger charge is 2.39. The minimum atomic E-state index is -4.76. The molecule has 2 N–H and O–H groups in total. The number of anilines is 2. The van der Waals surface area contributed by atoms with Gasteiger partial charge in [-0.25, -0.2) is 21.9 Å². The third-order valence-electron chi connectivity index (χ3n) is 4.31. The van der Waals surface area contributed by atoms with E-state index in [1.807, 2.05) is 0 Å². The number of amides is 1. The summed E-state index contributed by atoms with van der Waals surface area (Å²) in [6, 6.07) is 7.56. The number of nitrogens with zero attached hydrogens (tertiary/aromatic N) is 1. The van der Waals surface area contributed by atoms with E-state index in [1.54, 1.807) is 0 Å². The molecule has 32 heavy (non-hydrogen) atoms. The van der Waals surface area contributed by atoms with Gasteiger partial charge in [0.15, 0.2) is 6.10 Å². The van der Waals surface area contributed by atoms with Crippen LogP contribution in [0, 0.1) is 5.82 Å². The van der Waals surface area contributed by atoms with E-state index in [-0.39, 0.29) is 34.3 Å². The smallest absolute Gasteiger partial charge is 0.425 e. The molecule has 8 nitrogen and oxygen atoms in total. The van der Waals surface area contributed by atoms with Crippen LogP contribution in [0.1, 0.15) is 6.92 Å². The summed E-state index contributed by atoms with van der Waals surface area (Å²) in [5.74, 6) is -0.619. The quantitative estimate of drug-likeness (QED) is 0.503. The van der Waals surface area contributed by atoms with Crippen molar-refractivity contribution < 1.29 is 45.4 Å². The zero-order valence-electron chi connectivity index (χ0n) is 16.3. The van der Waals surface area contributed by atoms with Crippen LogP contribution in [0.4, 0.5) is 33.7 Å². The van der Waals surface area contributed by atoms with Gasteiger partial charge < -0.3 is 14.6 Å². The van der Waals surface area contributed by atoms with E-state index < -0.39 is 34.2 Å². The van der Waals surface area contributed by atoms with E-state index in [9.17, 15) is 35.9 Å². The van der Waals surface area contributed by atoms with Crippen molar-refractivity contribution in [2.75, 3.05) is 16.2 Å². The third-order valence-corrected chi connectivity index (χ3v) is 6.09. The van der Waals surface area contributed by atoms with Crippen LogP contribution in [0.2, 0.25) is 0 Å². The number of aliphatic hydroxyl groups excluding tert-OH is 1. The molecule has 1 unspecified atom stereocenters. The molecule has 3 rings (SSSR count). The number of aliphatic hydroxyl groups is 1. The summed E-state index contributed by atoms with van der Waals surface area (Å²) in [4.78, 5) is 11.5. The molecule has 172 valence electrons. The van der Waals surface area contributed by atoms with Gasteiger partial charge in [-0.05, 0) is 49.4 Å². The number of hydrogen-bond donors (Lipinski definition) is 2. The molecule has 0 radical (unpaired) electrons. The lowest BCUT2D eigenvalue weighted by Gasteiger charge is -2.32. The summed E-state index contributed by atoms with van der Waals surface area (Å²) < 4.78 is 87.7. The van der Waals surface area contributed by atoms with Crippen molar-refractivity contribution in [1.82, 2.24) is 0 Å². The van der Waals surface area contributed by atoms with Crippen LogP contribution < -0.4 is 14.4 Å². The van der Waals surface area contributed by atoms with Crippen molar-refractivity contribution in [2.45, 2.75) is 24.1 Å². The molecule has 0 saturated heterocycles. The summed E-state index contributed by atoms with van der Waals surface area (Å²) in [5, 5.41) is 11.6. The first-order chi connectivity index (χ1) is 14.9. The first kappa shape index (κ1) is 23.2. The number of carbonyl (C=O) groups is 1. The Morgan fingerprint density at radius 1 is 1.25 bits per heavy atom. The van der Waals surface area contributed by atoms with Gasteiger partial charge in [-0.3, -0.25) is 5.32 Å². The molecule has 0 fully saturated rings. The van der Waals surface area contributed by atoms with Crippen LogP contribution in [0.15, 0.2) is 59.3 Å². The molecule has 2 aromatic rings. The van der Waals surface area contributed by atoms with Crippen LogP contribution in [-0.2, 0) is 14.8 Å². The highest BCUT2D eigenvalue weighted by atomic mass is 32.2. The minimum absolute atomic E-state index is 0.0452. The first-order valence-electron chi connectivity index (χ1n) is 8.89. The molecule has 13 heteroatoms. The van der Waals surface area contributed by atoms with Crippen LogP contribution in [-0.4, -0.2) is 38.5 Å². The van der Waals surface area contributed by atoms with Crippen molar-refractivity contribution in [3.8, 4) is 5.75 Å². The van der Waals surface area contributed by atoms with Crippen LogP contribution >= 0.6 is 0 Å². The van der Waals surface area contributed by atoms with Gasteiger partial charge in [0.25, 0.3) is 10.0 Å². The fraction of sp³-hybridized carbons (Fsp3) is 0.211. The Hall–Kier alpha value is -3.48. The van der Waals surface area contributed by atoms with E-state index >= 15 is 0 Å². The second-order valence-corrected chi connectivity index (χ2v) is 8.32. The Bertz CT molecular complexity index is 1150. The van der Waals surface area contributed by atoms with Crippen LogP contribution in [0.25, 0.3) is 0 Å². The predicted molar refractivity (Wildman–Crippen MR) is 104 cm³/mol. The Morgan fingerprint density at radius 3 is 2.50 bits per heavy atom. The molecular formula is C19H16F4N2O6S. The molecule has 1 atom stereocenters. The summed E-state index contributed by atoms with van der Waals surface area (Å²) >= 11 is 0. The summed E-state index contributed by atoms with van der Waals surface area (Å²) in [7, 11) is -4.37. The van der Waals surface area contributed by atoms with Gasteiger partial charge in [-0.2, -0.15) is 13.2 Å². The topological polar surface area (TPSA) is 105 Å². The number of carbonyl (C=O) groups excluding carboxylic acids is 1. The normalized spacial score (nSPS) is 16.2. The maximum Gasteiger partial charge on any atom is 0.425 e. The minimum Gasteiger partial charge on any atom is -0.514 e. The van der Waals surface area contributed by atoms with Gasteiger partial charge in [0.05, 0.1) is 4.90 Å². The van der Waals surface area contributed by atoms with Gasteiger partial charge in [-0.1, -0.05) is 0 Å². The number of rotatable bonds is 4. The van der Waals surface area contributed by atoms with Gasteiger partial charge in [0, 0.05) is 5.69 Å². The Labute approximate surface area is 179 Å². The second-order valence-electron chi connectivity index (χ2n) is 6.53. The van der Waals surface area contributed by atoms with Crippen molar-refractivity contribution in [1.29, 1.82) is 0 Å². The number of alkyl halides is 3. The average molecular weight is 476 g/mol. The summed E-state index contributed by atoms with van der Waals surface area (Å²) in [5.41, 5.74) is -0.458. The Morgan fingerprint density at radius 2 is 1.91 bits per heavy atom. The second kappa shape index (κ2) is 8.57. The molecule has 0 saturated carbocycles. The molecule has 0 bridgehead atoms. The van der Waals surface area contributed by atoms with Crippen molar-refractivity contribution >= 4 is 27.5 Å². The molecule has 0 aliphatic carbocycles. The van der Waals surface area contributed by atoms with Crippen LogP contribution in [0.3, 0.4) is 0 Å². The Kier molecular flexibility index (Phi) is 6.21. The van der Waals surface area contributed by atoms with Gasteiger partial charge >= 0.3 is 12.3 Å². The SMILES string of the molecule is CC(OC(=O)Nc1ccc2c(c1)N(S(=O)(=O)c1ccc(F)cc1)/C(=C/O)CO2)C(F)(F)F. The van der Waals surface area contributed by atoms with E-state index in [0.717, 1.165) is 30.3 Å². The summed E-state index contributed by atoms with van der Waals surface area (Å²) in [6.45, 7) is 0.317.